The molecule has 2 aromatic heterocycles. The zero-order chi connectivity index (χ0) is 18.9. The monoisotopic (exact) mass is 375 g/mol. The molecule has 0 radical (unpaired) electrons. The van der Waals surface area contributed by atoms with Crippen molar-refractivity contribution < 1.29 is 17.6 Å². The van der Waals surface area contributed by atoms with Gasteiger partial charge in [0, 0.05) is 18.8 Å². The van der Waals surface area contributed by atoms with Crippen molar-refractivity contribution in [1.29, 1.82) is 0 Å². The lowest BCUT2D eigenvalue weighted by molar-refractivity contribution is 0.102. The molecule has 0 saturated carbocycles. The second kappa shape index (κ2) is 6.71. The van der Waals surface area contributed by atoms with E-state index in [1.165, 1.54) is 24.3 Å². The maximum atomic E-state index is 12.3. The molecule has 0 aliphatic carbocycles. The molecule has 0 atom stereocenters. The molecule has 3 aromatic rings. The molecule has 10 heteroatoms. The van der Waals surface area contributed by atoms with Crippen molar-refractivity contribution in [3.05, 3.63) is 42.1 Å². The van der Waals surface area contributed by atoms with Crippen molar-refractivity contribution in [3.8, 4) is 11.6 Å². The van der Waals surface area contributed by atoms with Gasteiger partial charge in [-0.2, -0.15) is 5.10 Å². The third-order valence-corrected chi connectivity index (χ3v) is 5.81. The Morgan fingerprint density at radius 3 is 2.42 bits per heavy atom. The Bertz CT molecular complexity index is 1030. The minimum Gasteiger partial charge on any atom is -0.401 e. The number of nitrogens with one attached hydrogen (secondary N) is 1. The summed E-state index contributed by atoms with van der Waals surface area (Å²) in [6.07, 6.45) is 1.73. The largest absolute Gasteiger partial charge is 0.401 e. The van der Waals surface area contributed by atoms with E-state index in [1.54, 1.807) is 37.8 Å². The number of aryl methyl sites for hydroxylation is 1. The van der Waals surface area contributed by atoms with Gasteiger partial charge in [0.15, 0.2) is 9.84 Å². The highest BCUT2D eigenvalue weighted by Gasteiger charge is 2.20. The summed E-state index contributed by atoms with van der Waals surface area (Å²) in [5.41, 5.74) is 0.758. The Morgan fingerprint density at radius 1 is 1.15 bits per heavy atom. The van der Waals surface area contributed by atoms with Crippen LogP contribution in [0.2, 0.25) is 0 Å². The van der Waals surface area contributed by atoms with Crippen LogP contribution in [0.5, 0.6) is 0 Å². The lowest BCUT2D eigenvalue weighted by Crippen LogP contribution is -2.15. The first-order chi connectivity index (χ1) is 12.3. The molecular weight excluding hydrogens is 358 g/mol. The third kappa shape index (κ3) is 3.49. The van der Waals surface area contributed by atoms with E-state index in [1.807, 2.05) is 0 Å². The molecule has 1 N–H and O–H groups in total. The summed E-state index contributed by atoms with van der Waals surface area (Å²) in [4.78, 5) is 12.4. The Labute approximate surface area is 150 Å². The first-order valence-electron chi connectivity index (χ1n) is 7.76. The van der Waals surface area contributed by atoms with Gasteiger partial charge >= 0.3 is 6.01 Å². The second-order valence-electron chi connectivity index (χ2n) is 5.86. The van der Waals surface area contributed by atoms with Crippen LogP contribution in [0, 0.1) is 0 Å². The minimum atomic E-state index is -3.39. The van der Waals surface area contributed by atoms with Gasteiger partial charge in [-0.15, -0.1) is 5.10 Å². The topological polar surface area (TPSA) is 120 Å². The number of hydrogen-bond acceptors (Lipinski definition) is 7. The van der Waals surface area contributed by atoms with Gasteiger partial charge in [-0.05, 0) is 44.2 Å². The number of nitrogens with zero attached hydrogens (tertiary/aromatic N) is 4. The summed E-state index contributed by atoms with van der Waals surface area (Å²) in [6, 6.07) is 7.29. The molecule has 136 valence electrons. The van der Waals surface area contributed by atoms with E-state index in [0.29, 0.717) is 5.69 Å². The fourth-order valence-electron chi connectivity index (χ4n) is 2.14. The molecule has 0 aliphatic rings. The quantitative estimate of drug-likeness (QED) is 0.723. The van der Waals surface area contributed by atoms with E-state index in [-0.39, 0.29) is 22.4 Å². The number of hydrogen-bond donors (Lipinski definition) is 1. The number of benzene rings is 1. The lowest BCUT2D eigenvalue weighted by atomic mass is 10.2. The first-order valence-corrected chi connectivity index (χ1v) is 9.31. The van der Waals surface area contributed by atoms with Crippen LogP contribution in [0.1, 0.15) is 24.2 Å². The molecule has 0 bridgehead atoms. The molecule has 1 aromatic carbocycles. The molecule has 0 unspecified atom stereocenters. The van der Waals surface area contributed by atoms with Gasteiger partial charge in [0.1, 0.15) is 5.69 Å². The van der Waals surface area contributed by atoms with Gasteiger partial charge in [0.05, 0.1) is 10.1 Å². The second-order valence-corrected chi connectivity index (χ2v) is 8.36. The number of sulfone groups is 1. The number of carbonyl (C=O) groups excluding carboxylic acids is 1. The van der Waals surface area contributed by atoms with Gasteiger partial charge in [-0.1, -0.05) is 5.10 Å². The molecule has 26 heavy (non-hydrogen) atoms. The van der Waals surface area contributed by atoms with Crippen LogP contribution in [0.25, 0.3) is 11.6 Å². The zero-order valence-corrected chi connectivity index (χ0v) is 15.2. The van der Waals surface area contributed by atoms with Crippen LogP contribution in [0.4, 0.5) is 6.01 Å². The molecule has 0 fully saturated rings. The number of carbonyl (C=O) groups is 1. The van der Waals surface area contributed by atoms with Gasteiger partial charge < -0.3 is 4.42 Å². The zero-order valence-electron chi connectivity index (χ0n) is 14.4. The smallest absolute Gasteiger partial charge is 0.322 e. The highest BCUT2D eigenvalue weighted by atomic mass is 32.2. The van der Waals surface area contributed by atoms with E-state index in [4.69, 9.17) is 4.42 Å². The molecule has 9 nitrogen and oxygen atoms in total. The van der Waals surface area contributed by atoms with E-state index >= 15 is 0 Å². The summed E-state index contributed by atoms with van der Waals surface area (Å²) in [5, 5.41) is 13.6. The fraction of sp³-hybridized carbons (Fsp3) is 0.250. The number of aromatic nitrogens is 4. The molecule has 3 rings (SSSR count). The third-order valence-electron chi connectivity index (χ3n) is 3.64. The number of anilines is 1. The van der Waals surface area contributed by atoms with Crippen LogP contribution in [0.15, 0.2) is 45.8 Å². The standard InChI is InChI=1S/C16H17N5O4S/c1-10(2)26(23,24)12-6-4-11(5-7-12)14(22)17-16-19-18-15(25-16)13-8-9-21(3)20-13/h4-10H,1-3H3,(H,17,19,22). The molecular formula is C16H17N5O4S. The summed E-state index contributed by atoms with van der Waals surface area (Å²) in [5.74, 6) is -0.311. The van der Waals surface area contributed by atoms with Crippen molar-refractivity contribution in [2.24, 2.45) is 7.05 Å². The Morgan fingerprint density at radius 2 is 1.85 bits per heavy atom. The Balaban J connectivity index is 1.74. The fourth-order valence-corrected chi connectivity index (χ4v) is 3.20. The molecule has 0 saturated heterocycles. The summed E-state index contributed by atoms with van der Waals surface area (Å²) in [6.45, 7) is 3.20. The number of amides is 1. The summed E-state index contributed by atoms with van der Waals surface area (Å²) >= 11 is 0. The van der Waals surface area contributed by atoms with Gasteiger partial charge in [-0.25, -0.2) is 8.42 Å². The summed E-state index contributed by atoms with van der Waals surface area (Å²) < 4.78 is 31.2. The average Bonchev–Trinajstić information content (AvgIpc) is 3.23. The Kier molecular flexibility index (Phi) is 4.60. The Hall–Kier alpha value is -3.01. The number of rotatable bonds is 5. The van der Waals surface area contributed by atoms with Crippen molar-refractivity contribution in [2.45, 2.75) is 24.0 Å². The normalized spacial score (nSPS) is 11.7. The predicted octanol–water partition coefficient (Wildman–Crippen LogP) is 1.90. The van der Waals surface area contributed by atoms with Crippen LogP contribution < -0.4 is 5.32 Å². The first kappa shape index (κ1) is 17.8. The minimum absolute atomic E-state index is 0.0745. The lowest BCUT2D eigenvalue weighted by Gasteiger charge is -2.08. The highest BCUT2D eigenvalue weighted by molar-refractivity contribution is 7.92. The summed E-state index contributed by atoms with van der Waals surface area (Å²) in [7, 11) is -1.63. The van der Waals surface area contributed by atoms with Gasteiger partial charge in [0.2, 0.25) is 0 Å². The van der Waals surface area contributed by atoms with E-state index in [0.717, 1.165) is 0 Å². The molecule has 0 aliphatic heterocycles. The highest BCUT2D eigenvalue weighted by Crippen LogP contribution is 2.19. The van der Waals surface area contributed by atoms with E-state index in [9.17, 15) is 13.2 Å². The van der Waals surface area contributed by atoms with Crippen LogP contribution in [0.3, 0.4) is 0 Å². The maximum absolute atomic E-state index is 12.3. The average molecular weight is 375 g/mol. The van der Waals surface area contributed by atoms with Gasteiger partial charge in [0.25, 0.3) is 11.8 Å². The van der Waals surface area contributed by atoms with Crippen LogP contribution >= 0.6 is 0 Å². The maximum Gasteiger partial charge on any atom is 0.322 e. The van der Waals surface area contributed by atoms with Crippen molar-refractivity contribution >= 4 is 21.8 Å². The van der Waals surface area contributed by atoms with Crippen molar-refractivity contribution in [3.63, 3.8) is 0 Å². The van der Waals surface area contributed by atoms with E-state index in [2.05, 4.69) is 20.6 Å². The molecule has 1 amide bonds. The van der Waals surface area contributed by atoms with Gasteiger partial charge in [-0.3, -0.25) is 14.8 Å². The van der Waals surface area contributed by atoms with Crippen molar-refractivity contribution in [2.75, 3.05) is 5.32 Å². The molecule has 2 heterocycles. The van der Waals surface area contributed by atoms with Crippen LogP contribution in [-0.4, -0.2) is 39.6 Å². The van der Waals surface area contributed by atoms with Crippen molar-refractivity contribution in [1.82, 2.24) is 20.0 Å². The van der Waals surface area contributed by atoms with Crippen LogP contribution in [-0.2, 0) is 16.9 Å². The molecule has 0 spiro atoms. The van der Waals surface area contributed by atoms with E-state index < -0.39 is 21.0 Å². The SMILES string of the molecule is CC(C)S(=O)(=O)c1ccc(C(=O)Nc2nnc(-c3ccn(C)n3)o2)cc1. The predicted molar refractivity (Wildman–Crippen MR) is 93.2 cm³/mol.